The van der Waals surface area contributed by atoms with Crippen molar-refractivity contribution >= 4 is 5.91 Å². The molecular weight excluding hydrogens is 260 g/mol. The Kier molecular flexibility index (Phi) is 6.00. The van der Waals surface area contributed by atoms with Gasteiger partial charge in [0.1, 0.15) is 0 Å². The number of carbonyl (C=O) groups excluding carboxylic acids is 1. The maximum atomic E-state index is 12.5. The molecule has 3 heteroatoms. The van der Waals surface area contributed by atoms with Crippen LogP contribution in [0.5, 0.6) is 0 Å². The Balaban J connectivity index is 2.00. The van der Waals surface area contributed by atoms with Crippen molar-refractivity contribution in [3.8, 4) is 0 Å². The molecule has 2 N–H and O–H groups in total. The Morgan fingerprint density at radius 3 is 2.90 bits per heavy atom. The highest BCUT2D eigenvalue weighted by molar-refractivity contribution is 5.79. The van der Waals surface area contributed by atoms with Gasteiger partial charge < -0.3 is 10.6 Å². The number of allylic oxidation sites excluding steroid dienone is 1. The van der Waals surface area contributed by atoms with Crippen LogP contribution in [-0.4, -0.2) is 18.5 Å². The van der Waals surface area contributed by atoms with Crippen molar-refractivity contribution in [3.63, 3.8) is 0 Å². The zero-order valence-electron chi connectivity index (χ0n) is 12.8. The van der Waals surface area contributed by atoms with Crippen LogP contribution in [0.15, 0.2) is 43.0 Å². The number of hydrogen-bond acceptors (Lipinski definition) is 2. The van der Waals surface area contributed by atoms with Gasteiger partial charge in [-0.15, -0.1) is 6.58 Å². The van der Waals surface area contributed by atoms with Gasteiger partial charge in [0.2, 0.25) is 5.91 Å². The van der Waals surface area contributed by atoms with Gasteiger partial charge in [0.15, 0.2) is 0 Å². The van der Waals surface area contributed by atoms with E-state index in [-0.39, 0.29) is 17.9 Å². The van der Waals surface area contributed by atoms with Crippen LogP contribution in [-0.2, 0) is 4.79 Å². The third-order valence-electron chi connectivity index (χ3n) is 4.17. The molecule has 1 aromatic carbocycles. The minimum absolute atomic E-state index is 0.0851. The van der Waals surface area contributed by atoms with Crippen LogP contribution in [0.3, 0.4) is 0 Å². The summed E-state index contributed by atoms with van der Waals surface area (Å²) in [6.45, 7) is 6.86. The largest absolute Gasteiger partial charge is 0.349 e. The lowest BCUT2D eigenvalue weighted by atomic mass is 9.91. The molecule has 1 amide bonds. The molecule has 1 heterocycles. The number of piperidine rings is 1. The van der Waals surface area contributed by atoms with Gasteiger partial charge in [-0.2, -0.15) is 0 Å². The fourth-order valence-electron chi connectivity index (χ4n) is 2.95. The monoisotopic (exact) mass is 286 g/mol. The molecule has 1 aliphatic heterocycles. The van der Waals surface area contributed by atoms with Gasteiger partial charge in [-0.05, 0) is 44.7 Å². The molecule has 1 unspecified atom stereocenters. The van der Waals surface area contributed by atoms with Gasteiger partial charge in [-0.1, -0.05) is 36.4 Å². The molecule has 0 bridgehead atoms. The Morgan fingerprint density at radius 2 is 2.24 bits per heavy atom. The highest BCUT2D eigenvalue weighted by Gasteiger charge is 2.26. The van der Waals surface area contributed by atoms with E-state index in [1.165, 1.54) is 5.56 Å². The SMILES string of the molecule is C=CCCC(NC(=O)[C@H]1CCN[C@@H](C)C1)c1ccccc1. The van der Waals surface area contributed by atoms with Crippen molar-refractivity contribution in [1.29, 1.82) is 0 Å². The molecule has 0 radical (unpaired) electrons. The van der Waals surface area contributed by atoms with Gasteiger partial charge in [-0.25, -0.2) is 0 Å². The van der Waals surface area contributed by atoms with Gasteiger partial charge >= 0.3 is 0 Å². The van der Waals surface area contributed by atoms with E-state index in [1.54, 1.807) is 0 Å². The molecule has 1 aliphatic rings. The minimum Gasteiger partial charge on any atom is -0.349 e. The first-order valence-electron chi connectivity index (χ1n) is 7.90. The van der Waals surface area contributed by atoms with Crippen molar-refractivity contribution in [2.45, 2.75) is 44.7 Å². The molecule has 0 aromatic heterocycles. The lowest BCUT2D eigenvalue weighted by Gasteiger charge is -2.29. The van der Waals surface area contributed by atoms with Crippen molar-refractivity contribution in [2.75, 3.05) is 6.54 Å². The Hall–Kier alpha value is -1.61. The van der Waals surface area contributed by atoms with E-state index >= 15 is 0 Å². The first kappa shape index (κ1) is 15.8. The number of amides is 1. The minimum atomic E-state index is 0.0851. The van der Waals surface area contributed by atoms with Crippen LogP contribution in [0.2, 0.25) is 0 Å². The summed E-state index contributed by atoms with van der Waals surface area (Å²) in [6.07, 6.45) is 5.57. The average Bonchev–Trinajstić information content (AvgIpc) is 2.52. The number of nitrogens with one attached hydrogen (secondary N) is 2. The zero-order valence-corrected chi connectivity index (χ0v) is 12.8. The lowest BCUT2D eigenvalue weighted by Crippen LogP contribution is -2.43. The highest BCUT2D eigenvalue weighted by Crippen LogP contribution is 2.22. The predicted molar refractivity (Wildman–Crippen MR) is 86.9 cm³/mol. The van der Waals surface area contributed by atoms with Gasteiger partial charge in [-0.3, -0.25) is 4.79 Å². The molecule has 1 saturated heterocycles. The highest BCUT2D eigenvalue weighted by atomic mass is 16.1. The van der Waals surface area contributed by atoms with Crippen LogP contribution in [0, 0.1) is 5.92 Å². The summed E-state index contributed by atoms with van der Waals surface area (Å²) in [7, 11) is 0. The molecule has 21 heavy (non-hydrogen) atoms. The van der Waals surface area contributed by atoms with Crippen LogP contribution in [0.4, 0.5) is 0 Å². The van der Waals surface area contributed by atoms with E-state index in [4.69, 9.17) is 0 Å². The summed E-state index contributed by atoms with van der Waals surface area (Å²) in [5.41, 5.74) is 1.18. The van der Waals surface area contributed by atoms with E-state index in [0.29, 0.717) is 6.04 Å². The fraction of sp³-hybridized carbons (Fsp3) is 0.500. The maximum Gasteiger partial charge on any atom is 0.223 e. The Bertz CT molecular complexity index is 458. The predicted octanol–water partition coefficient (Wildman–Crippen LogP) is 3.20. The normalized spacial score (nSPS) is 23.3. The number of benzene rings is 1. The smallest absolute Gasteiger partial charge is 0.223 e. The molecule has 0 spiro atoms. The van der Waals surface area contributed by atoms with E-state index < -0.39 is 0 Å². The third kappa shape index (κ3) is 4.71. The van der Waals surface area contributed by atoms with Crippen molar-refractivity contribution in [1.82, 2.24) is 10.6 Å². The molecule has 0 saturated carbocycles. The second-order valence-corrected chi connectivity index (χ2v) is 5.91. The Morgan fingerprint density at radius 1 is 1.48 bits per heavy atom. The molecule has 2 rings (SSSR count). The van der Waals surface area contributed by atoms with Crippen LogP contribution < -0.4 is 10.6 Å². The number of carbonyl (C=O) groups is 1. The molecule has 114 valence electrons. The van der Waals surface area contributed by atoms with E-state index in [2.05, 4.69) is 36.3 Å². The Labute approximate surface area is 127 Å². The zero-order chi connectivity index (χ0) is 15.1. The fourth-order valence-corrected chi connectivity index (χ4v) is 2.95. The van der Waals surface area contributed by atoms with Crippen LogP contribution in [0.25, 0.3) is 0 Å². The molecule has 1 fully saturated rings. The van der Waals surface area contributed by atoms with Crippen molar-refractivity contribution < 1.29 is 4.79 Å². The van der Waals surface area contributed by atoms with Crippen molar-refractivity contribution in [2.24, 2.45) is 5.92 Å². The first-order chi connectivity index (χ1) is 10.2. The van der Waals surface area contributed by atoms with E-state index in [9.17, 15) is 4.79 Å². The second kappa shape index (κ2) is 7.99. The van der Waals surface area contributed by atoms with Gasteiger partial charge in [0.05, 0.1) is 6.04 Å². The number of rotatable bonds is 6. The first-order valence-corrected chi connectivity index (χ1v) is 7.90. The maximum absolute atomic E-state index is 12.5. The quantitative estimate of drug-likeness (QED) is 0.789. The second-order valence-electron chi connectivity index (χ2n) is 5.91. The molecular formula is C18H26N2O. The van der Waals surface area contributed by atoms with E-state index in [1.807, 2.05) is 24.3 Å². The third-order valence-corrected chi connectivity index (χ3v) is 4.17. The molecule has 3 atom stereocenters. The topological polar surface area (TPSA) is 41.1 Å². The molecule has 0 aliphatic carbocycles. The van der Waals surface area contributed by atoms with Crippen molar-refractivity contribution in [3.05, 3.63) is 48.6 Å². The van der Waals surface area contributed by atoms with E-state index in [0.717, 1.165) is 32.2 Å². The summed E-state index contributed by atoms with van der Waals surface area (Å²) in [5, 5.41) is 6.64. The summed E-state index contributed by atoms with van der Waals surface area (Å²) in [6, 6.07) is 10.7. The van der Waals surface area contributed by atoms with Gasteiger partial charge in [0.25, 0.3) is 0 Å². The molecule has 3 nitrogen and oxygen atoms in total. The summed E-state index contributed by atoms with van der Waals surface area (Å²) < 4.78 is 0. The standard InChI is InChI=1S/C18H26N2O/c1-3-4-10-17(15-8-6-5-7-9-15)20-18(21)16-11-12-19-14(2)13-16/h3,5-9,14,16-17,19H,1,4,10-13H2,2H3,(H,20,21)/t14-,16-,17?/m0/s1. The molecule has 1 aromatic rings. The lowest BCUT2D eigenvalue weighted by molar-refractivity contribution is -0.126. The number of hydrogen-bond donors (Lipinski definition) is 2. The summed E-state index contributed by atoms with van der Waals surface area (Å²) in [4.78, 5) is 12.5. The van der Waals surface area contributed by atoms with Crippen LogP contribution in [0.1, 0.15) is 44.2 Å². The van der Waals surface area contributed by atoms with Crippen LogP contribution >= 0.6 is 0 Å². The summed E-state index contributed by atoms with van der Waals surface area (Å²) in [5.74, 6) is 0.331. The average molecular weight is 286 g/mol. The van der Waals surface area contributed by atoms with Gasteiger partial charge in [0, 0.05) is 12.0 Å². The summed E-state index contributed by atoms with van der Waals surface area (Å²) >= 11 is 0.